The first-order valence-electron chi connectivity index (χ1n) is 8.62. The number of hydrogen-bond acceptors (Lipinski definition) is 3. The second kappa shape index (κ2) is 5.85. The highest BCUT2D eigenvalue weighted by atomic mass is 35.5. The molecule has 128 valence electrons. The first-order valence-corrected chi connectivity index (χ1v) is 9.15. The Balaban J connectivity index is 1.73. The van der Waals surface area contributed by atoms with Crippen LogP contribution in [0.5, 0.6) is 0 Å². The molecule has 1 heterocycles. The number of anilines is 1. The van der Waals surface area contributed by atoms with Crippen molar-refractivity contribution in [1.29, 1.82) is 0 Å². The van der Waals surface area contributed by atoms with Crippen LogP contribution in [0.1, 0.15) is 23.6 Å². The van der Waals surface area contributed by atoms with Crippen molar-refractivity contribution in [1.82, 2.24) is 5.43 Å². The van der Waals surface area contributed by atoms with Crippen molar-refractivity contribution in [3.63, 3.8) is 0 Å². The van der Waals surface area contributed by atoms with Gasteiger partial charge in [-0.05, 0) is 28.5 Å². The zero-order valence-corrected chi connectivity index (χ0v) is 14.7. The topological polar surface area (TPSA) is 44.7 Å². The molecule has 0 radical (unpaired) electrons. The summed E-state index contributed by atoms with van der Waals surface area (Å²) in [5.41, 5.74) is 8.08. The van der Waals surface area contributed by atoms with Crippen LogP contribution >= 0.6 is 11.6 Å². The van der Waals surface area contributed by atoms with Crippen molar-refractivity contribution in [2.24, 2.45) is 4.99 Å². The van der Waals surface area contributed by atoms with Gasteiger partial charge in [0, 0.05) is 17.9 Å². The Morgan fingerprint density at radius 1 is 1.08 bits per heavy atom. The highest BCUT2D eigenvalue weighted by molar-refractivity contribution is 6.23. The van der Waals surface area contributed by atoms with Crippen molar-refractivity contribution in [3.8, 4) is 0 Å². The molecule has 1 amide bonds. The minimum Gasteiger partial charge on any atom is -0.273 e. The molecule has 5 rings (SSSR count). The molecule has 1 aliphatic carbocycles. The average molecular weight is 362 g/mol. The molecule has 3 aromatic rings. The van der Waals surface area contributed by atoms with E-state index in [4.69, 9.17) is 16.6 Å². The van der Waals surface area contributed by atoms with Crippen LogP contribution in [0.25, 0.3) is 10.8 Å². The van der Waals surface area contributed by atoms with Gasteiger partial charge in [-0.3, -0.25) is 15.2 Å². The quantitative estimate of drug-likeness (QED) is 0.698. The van der Waals surface area contributed by atoms with Gasteiger partial charge >= 0.3 is 0 Å². The summed E-state index contributed by atoms with van der Waals surface area (Å²) in [6.45, 7) is 0. The molecule has 3 aromatic carbocycles. The Labute approximate surface area is 156 Å². The van der Waals surface area contributed by atoms with Crippen LogP contribution in [0.15, 0.2) is 65.7 Å². The van der Waals surface area contributed by atoms with Gasteiger partial charge in [0.15, 0.2) is 0 Å². The lowest BCUT2D eigenvalue weighted by Gasteiger charge is -2.36. The number of nitrogens with one attached hydrogen (secondary N) is 1. The van der Waals surface area contributed by atoms with E-state index in [-0.39, 0.29) is 18.4 Å². The third kappa shape index (κ3) is 2.15. The van der Waals surface area contributed by atoms with Gasteiger partial charge < -0.3 is 0 Å². The van der Waals surface area contributed by atoms with Crippen molar-refractivity contribution in [2.75, 3.05) is 10.9 Å². The molecule has 1 N–H and O–H groups in total. The van der Waals surface area contributed by atoms with Gasteiger partial charge in [-0.15, -0.1) is 11.6 Å². The zero-order valence-electron chi connectivity index (χ0n) is 13.9. The van der Waals surface area contributed by atoms with Crippen LogP contribution in [0.3, 0.4) is 0 Å². The zero-order chi connectivity index (χ0) is 17.7. The summed E-state index contributed by atoms with van der Waals surface area (Å²) in [4.78, 5) is 17.3. The van der Waals surface area contributed by atoms with Crippen molar-refractivity contribution in [3.05, 3.63) is 71.8 Å². The van der Waals surface area contributed by atoms with E-state index in [9.17, 15) is 4.79 Å². The van der Waals surface area contributed by atoms with Crippen LogP contribution in [0.4, 0.5) is 11.4 Å². The molecule has 1 atom stereocenters. The molecule has 1 unspecified atom stereocenters. The van der Waals surface area contributed by atoms with Gasteiger partial charge in [0.2, 0.25) is 5.91 Å². The van der Waals surface area contributed by atoms with Gasteiger partial charge in [0.1, 0.15) is 6.04 Å². The number of nitrogens with zero attached hydrogens (tertiary/aromatic N) is 2. The number of carbonyl (C=O) groups excluding carboxylic acids is 1. The lowest BCUT2D eigenvalue weighted by Crippen LogP contribution is -2.47. The van der Waals surface area contributed by atoms with E-state index in [0.29, 0.717) is 5.88 Å². The van der Waals surface area contributed by atoms with Crippen molar-refractivity contribution in [2.45, 2.75) is 12.5 Å². The fourth-order valence-corrected chi connectivity index (χ4v) is 4.09. The second-order valence-electron chi connectivity index (χ2n) is 6.48. The standard InChI is InChI=1S/C21H16ClN3O/c22-12-11-18(26)24-25-17-10-2-1-9-16(17)23-20-14-7-3-5-13-6-4-8-15(19(13)14)21(20)25/h1-10,21H,11-12H2,(H,24,26). The minimum absolute atomic E-state index is 0.0980. The molecule has 26 heavy (non-hydrogen) atoms. The highest BCUT2D eigenvalue weighted by Gasteiger charge is 2.39. The number of amides is 1. The summed E-state index contributed by atoms with van der Waals surface area (Å²) < 4.78 is 0. The van der Waals surface area contributed by atoms with Crippen LogP contribution in [-0.2, 0) is 4.79 Å². The van der Waals surface area contributed by atoms with Crippen LogP contribution in [0.2, 0.25) is 0 Å². The Hall–Kier alpha value is -2.85. The van der Waals surface area contributed by atoms with E-state index in [1.54, 1.807) is 0 Å². The number of hydrogen-bond donors (Lipinski definition) is 1. The molecule has 0 bridgehead atoms. The van der Waals surface area contributed by atoms with Gasteiger partial charge in [0.25, 0.3) is 0 Å². The fourth-order valence-electron chi connectivity index (χ4n) is 3.92. The van der Waals surface area contributed by atoms with Gasteiger partial charge in [-0.25, -0.2) is 4.99 Å². The Morgan fingerprint density at radius 3 is 2.73 bits per heavy atom. The van der Waals surface area contributed by atoms with E-state index in [0.717, 1.165) is 28.2 Å². The van der Waals surface area contributed by atoms with Gasteiger partial charge in [0.05, 0.1) is 17.1 Å². The lowest BCUT2D eigenvalue weighted by molar-refractivity contribution is -0.120. The first-order chi connectivity index (χ1) is 12.8. The van der Waals surface area contributed by atoms with E-state index >= 15 is 0 Å². The van der Waals surface area contributed by atoms with Crippen molar-refractivity contribution >= 4 is 45.4 Å². The number of fused-ring (bicyclic) bond motifs is 4. The monoisotopic (exact) mass is 361 g/mol. The van der Waals surface area contributed by atoms with Crippen molar-refractivity contribution < 1.29 is 4.79 Å². The molecule has 0 spiro atoms. The predicted molar refractivity (Wildman–Crippen MR) is 105 cm³/mol. The molecule has 2 aliphatic rings. The summed E-state index contributed by atoms with van der Waals surface area (Å²) in [6.07, 6.45) is 0.274. The second-order valence-corrected chi connectivity index (χ2v) is 6.86. The Kier molecular flexibility index (Phi) is 3.47. The molecular formula is C21H16ClN3O. The maximum Gasteiger partial charge on any atom is 0.239 e. The van der Waals surface area contributed by atoms with Crippen LogP contribution in [-0.4, -0.2) is 17.5 Å². The van der Waals surface area contributed by atoms with Crippen LogP contribution < -0.4 is 10.4 Å². The lowest BCUT2D eigenvalue weighted by atomic mass is 10.0. The molecule has 0 saturated heterocycles. The highest BCUT2D eigenvalue weighted by Crippen LogP contribution is 2.47. The Morgan fingerprint density at radius 2 is 1.88 bits per heavy atom. The van der Waals surface area contributed by atoms with E-state index in [1.165, 1.54) is 10.8 Å². The number of hydrazine groups is 1. The molecule has 0 fully saturated rings. The van der Waals surface area contributed by atoms with Crippen LogP contribution in [0, 0.1) is 0 Å². The largest absolute Gasteiger partial charge is 0.273 e. The molecular weight excluding hydrogens is 346 g/mol. The summed E-state index contributed by atoms with van der Waals surface area (Å²) in [5.74, 6) is 0.196. The minimum atomic E-state index is -0.134. The smallest absolute Gasteiger partial charge is 0.239 e. The van der Waals surface area contributed by atoms with E-state index in [1.807, 2.05) is 29.3 Å². The normalized spacial score (nSPS) is 16.9. The SMILES string of the molecule is O=C(CCCl)NN1c2ccccc2N=C2c3cccc4cccc(c34)C21. The first kappa shape index (κ1) is 15.4. The maximum absolute atomic E-state index is 12.3. The van der Waals surface area contributed by atoms with Gasteiger partial charge in [-0.2, -0.15) is 0 Å². The number of para-hydroxylation sites is 2. The number of alkyl halides is 1. The summed E-state index contributed by atoms with van der Waals surface area (Å²) in [6, 6.07) is 20.3. The summed E-state index contributed by atoms with van der Waals surface area (Å²) >= 11 is 5.76. The fraction of sp³-hybridized carbons (Fsp3) is 0.143. The average Bonchev–Trinajstić information content (AvgIpc) is 2.98. The molecule has 1 aliphatic heterocycles. The summed E-state index contributed by atoms with van der Waals surface area (Å²) in [7, 11) is 0. The third-order valence-electron chi connectivity index (χ3n) is 4.97. The third-order valence-corrected chi connectivity index (χ3v) is 5.16. The molecule has 0 aromatic heterocycles. The number of rotatable bonds is 3. The summed E-state index contributed by atoms with van der Waals surface area (Å²) in [5, 5.41) is 4.35. The van der Waals surface area contributed by atoms with E-state index in [2.05, 4.69) is 41.8 Å². The number of halogens is 1. The predicted octanol–water partition coefficient (Wildman–Crippen LogP) is 4.50. The molecule has 4 nitrogen and oxygen atoms in total. The van der Waals surface area contributed by atoms with E-state index < -0.39 is 0 Å². The number of carbonyl (C=O) groups is 1. The molecule has 0 saturated carbocycles. The number of aliphatic imine (C=N–C) groups is 1. The number of benzene rings is 3. The molecule has 5 heteroatoms. The van der Waals surface area contributed by atoms with Gasteiger partial charge in [-0.1, -0.05) is 48.5 Å². The Bertz CT molecular complexity index is 1070. The maximum atomic E-state index is 12.3.